The molecule has 1 spiro atoms. The van der Waals surface area contributed by atoms with Crippen molar-refractivity contribution in [3.63, 3.8) is 0 Å². The number of fused-ring (bicyclic) bond motifs is 1. The number of benzene rings is 1. The number of piperazine rings is 1. The van der Waals surface area contributed by atoms with Crippen molar-refractivity contribution in [2.75, 3.05) is 59.5 Å². The summed E-state index contributed by atoms with van der Waals surface area (Å²) in [6, 6.07) is 8.30. The number of likely N-dealkylation sites (N-methyl/N-ethyl adjacent to an activating group) is 1. The van der Waals surface area contributed by atoms with Crippen LogP contribution in [0.2, 0.25) is 0 Å². The Balaban J connectivity index is 1.41. The highest BCUT2D eigenvalue weighted by Gasteiger charge is 2.42. The average Bonchev–Trinajstić information content (AvgIpc) is 2.86. The van der Waals surface area contributed by atoms with E-state index in [-0.39, 0.29) is 17.9 Å². The lowest BCUT2D eigenvalue weighted by molar-refractivity contribution is -0.142. The molecule has 0 bridgehead atoms. The number of hydrogen-bond acceptors (Lipinski definition) is 5. The van der Waals surface area contributed by atoms with Crippen molar-refractivity contribution in [2.45, 2.75) is 64.8 Å². The molecule has 0 aromatic heterocycles. The average molecular weight is 499 g/mol. The first kappa shape index (κ1) is 26.9. The lowest BCUT2D eigenvalue weighted by atomic mass is 9.73. The summed E-state index contributed by atoms with van der Waals surface area (Å²) in [5.41, 5.74) is 0.865. The Morgan fingerprint density at radius 2 is 1.78 bits per heavy atom. The second kappa shape index (κ2) is 12.4. The van der Waals surface area contributed by atoms with Crippen molar-refractivity contribution >= 4 is 11.8 Å². The van der Waals surface area contributed by atoms with Crippen LogP contribution in [0.25, 0.3) is 0 Å². The smallest absolute Gasteiger partial charge is 0.236 e. The van der Waals surface area contributed by atoms with Crippen LogP contribution < -0.4 is 10.1 Å². The standard InChI is InChI=1S/C29H46N4O3/c1-23(2)20-25-22-36-26-10-5-4-8-24(26)9-6-7-11-29(28(35)30-25)12-14-33(15-13-29)27(34)21-32-18-16-31(3)17-19-32/h4-5,8,10,23,25H,6-7,9,11-22H2,1-3H3,(H,30,35)/t25-/m0/s1. The summed E-state index contributed by atoms with van der Waals surface area (Å²) in [6.45, 7) is 10.7. The van der Waals surface area contributed by atoms with Gasteiger partial charge >= 0.3 is 0 Å². The van der Waals surface area contributed by atoms with Crippen molar-refractivity contribution in [3.05, 3.63) is 29.8 Å². The van der Waals surface area contributed by atoms with E-state index in [2.05, 4.69) is 48.1 Å². The SMILES string of the molecule is CC(C)C[C@H]1COc2ccccc2CCCCC2(CCN(C(=O)CN3CCN(C)CC3)CC2)C(=O)N1. The van der Waals surface area contributed by atoms with Crippen LogP contribution in [0.1, 0.15) is 57.9 Å². The van der Waals surface area contributed by atoms with Crippen LogP contribution in [0, 0.1) is 11.3 Å². The molecule has 3 aliphatic heterocycles. The normalized spacial score (nSPS) is 24.4. The molecule has 4 rings (SSSR count). The van der Waals surface area contributed by atoms with Crippen molar-refractivity contribution in [3.8, 4) is 5.75 Å². The molecule has 1 aromatic carbocycles. The third kappa shape index (κ3) is 7.00. The molecule has 1 N–H and O–H groups in total. The summed E-state index contributed by atoms with van der Waals surface area (Å²) in [4.78, 5) is 33.4. The van der Waals surface area contributed by atoms with E-state index in [0.29, 0.717) is 32.2 Å². The van der Waals surface area contributed by atoms with Gasteiger partial charge < -0.3 is 19.9 Å². The molecule has 0 saturated carbocycles. The number of piperidine rings is 1. The topological polar surface area (TPSA) is 65.1 Å². The molecule has 2 saturated heterocycles. The van der Waals surface area contributed by atoms with Crippen LogP contribution in [0.5, 0.6) is 5.75 Å². The van der Waals surface area contributed by atoms with Crippen LogP contribution in [0.15, 0.2) is 24.3 Å². The molecule has 0 radical (unpaired) electrons. The number of hydrogen-bond donors (Lipinski definition) is 1. The number of nitrogens with zero attached hydrogens (tertiary/aromatic N) is 3. The molecule has 0 unspecified atom stereocenters. The number of rotatable bonds is 4. The number of ether oxygens (including phenoxy) is 1. The third-order valence-corrected chi connectivity index (χ3v) is 8.36. The van der Waals surface area contributed by atoms with E-state index in [9.17, 15) is 9.59 Å². The molecule has 3 aliphatic rings. The minimum Gasteiger partial charge on any atom is -0.491 e. The highest BCUT2D eigenvalue weighted by Crippen LogP contribution is 2.38. The number of carbonyl (C=O) groups excluding carboxylic acids is 2. The van der Waals surface area contributed by atoms with Gasteiger partial charge in [0, 0.05) is 39.3 Å². The summed E-state index contributed by atoms with van der Waals surface area (Å²) in [5.74, 6) is 1.79. The highest BCUT2D eigenvalue weighted by molar-refractivity contribution is 5.84. The second-order valence-corrected chi connectivity index (χ2v) is 11.7. The fourth-order valence-electron chi connectivity index (χ4n) is 5.97. The minimum absolute atomic E-state index is 0.0150. The Bertz CT molecular complexity index is 873. The Morgan fingerprint density at radius 3 is 2.50 bits per heavy atom. The third-order valence-electron chi connectivity index (χ3n) is 8.36. The van der Waals surface area contributed by atoms with Gasteiger partial charge in [0.2, 0.25) is 11.8 Å². The van der Waals surface area contributed by atoms with Crippen LogP contribution in [0.4, 0.5) is 0 Å². The summed E-state index contributed by atoms with van der Waals surface area (Å²) in [5, 5.41) is 3.39. The van der Waals surface area contributed by atoms with E-state index in [1.807, 2.05) is 17.0 Å². The molecule has 0 aliphatic carbocycles. The predicted molar refractivity (Wildman–Crippen MR) is 143 cm³/mol. The van der Waals surface area contributed by atoms with Gasteiger partial charge in [0.05, 0.1) is 18.0 Å². The molecule has 36 heavy (non-hydrogen) atoms. The second-order valence-electron chi connectivity index (χ2n) is 11.7. The largest absolute Gasteiger partial charge is 0.491 e. The first-order valence-corrected chi connectivity index (χ1v) is 14.0. The maximum atomic E-state index is 13.8. The molecule has 2 amide bonds. The zero-order chi connectivity index (χ0) is 25.5. The van der Waals surface area contributed by atoms with Gasteiger partial charge in [0.15, 0.2) is 0 Å². The van der Waals surface area contributed by atoms with Crippen molar-refractivity contribution in [1.29, 1.82) is 0 Å². The van der Waals surface area contributed by atoms with Crippen molar-refractivity contribution in [1.82, 2.24) is 20.0 Å². The zero-order valence-corrected chi connectivity index (χ0v) is 22.6. The number of amides is 2. The maximum absolute atomic E-state index is 13.8. The zero-order valence-electron chi connectivity index (χ0n) is 22.6. The van der Waals surface area contributed by atoms with Gasteiger partial charge in [-0.2, -0.15) is 0 Å². The van der Waals surface area contributed by atoms with E-state index in [0.717, 1.165) is 76.9 Å². The fraction of sp³-hybridized carbons (Fsp3) is 0.724. The number of nitrogens with one attached hydrogen (secondary N) is 1. The molecule has 3 heterocycles. The molecule has 200 valence electrons. The Kier molecular flexibility index (Phi) is 9.29. The monoisotopic (exact) mass is 498 g/mol. The van der Waals surface area contributed by atoms with Crippen LogP contribution in [0.3, 0.4) is 0 Å². The van der Waals surface area contributed by atoms with Crippen molar-refractivity contribution in [2.24, 2.45) is 11.3 Å². The lowest BCUT2D eigenvalue weighted by Crippen LogP contribution is -2.55. The lowest BCUT2D eigenvalue weighted by Gasteiger charge is -2.42. The predicted octanol–water partition coefficient (Wildman–Crippen LogP) is 3.18. The maximum Gasteiger partial charge on any atom is 0.236 e. The number of aryl methyl sites for hydroxylation is 1. The fourth-order valence-corrected chi connectivity index (χ4v) is 5.97. The Hall–Kier alpha value is -2.12. The molecular formula is C29H46N4O3. The van der Waals surface area contributed by atoms with Gasteiger partial charge in [0.1, 0.15) is 12.4 Å². The molecule has 1 aromatic rings. The Labute approximate surface area is 217 Å². The van der Waals surface area contributed by atoms with Crippen LogP contribution >= 0.6 is 0 Å². The van der Waals surface area contributed by atoms with Crippen LogP contribution in [-0.2, 0) is 16.0 Å². The molecule has 7 nitrogen and oxygen atoms in total. The van der Waals surface area contributed by atoms with Gasteiger partial charge in [-0.15, -0.1) is 0 Å². The van der Waals surface area contributed by atoms with Gasteiger partial charge in [0.25, 0.3) is 0 Å². The summed E-state index contributed by atoms with van der Waals surface area (Å²) >= 11 is 0. The first-order valence-electron chi connectivity index (χ1n) is 14.0. The summed E-state index contributed by atoms with van der Waals surface area (Å²) < 4.78 is 6.25. The van der Waals surface area contributed by atoms with E-state index in [4.69, 9.17) is 4.74 Å². The first-order chi connectivity index (χ1) is 17.3. The number of likely N-dealkylation sites (tertiary alicyclic amines) is 1. The van der Waals surface area contributed by atoms with Gasteiger partial charge in [-0.3, -0.25) is 14.5 Å². The summed E-state index contributed by atoms with van der Waals surface area (Å²) in [6.07, 6.45) is 6.29. The van der Waals surface area contributed by atoms with Crippen molar-refractivity contribution < 1.29 is 14.3 Å². The molecule has 7 heteroatoms. The highest BCUT2D eigenvalue weighted by atomic mass is 16.5. The van der Waals surface area contributed by atoms with Crippen LogP contribution in [-0.4, -0.2) is 92.0 Å². The molecule has 2 fully saturated rings. The van der Waals surface area contributed by atoms with Gasteiger partial charge in [-0.1, -0.05) is 38.5 Å². The quantitative estimate of drug-likeness (QED) is 0.691. The number of carbonyl (C=O) groups is 2. The number of para-hydroxylation sites is 1. The van der Waals surface area contributed by atoms with E-state index < -0.39 is 5.41 Å². The summed E-state index contributed by atoms with van der Waals surface area (Å²) in [7, 11) is 2.13. The van der Waals surface area contributed by atoms with Gasteiger partial charge in [-0.25, -0.2) is 0 Å². The van der Waals surface area contributed by atoms with Gasteiger partial charge in [-0.05, 0) is 63.1 Å². The molecule has 1 atom stereocenters. The Morgan fingerprint density at radius 1 is 1.06 bits per heavy atom. The minimum atomic E-state index is -0.390. The van der Waals surface area contributed by atoms with E-state index in [1.165, 1.54) is 5.56 Å². The van der Waals surface area contributed by atoms with E-state index >= 15 is 0 Å². The molecular weight excluding hydrogens is 452 g/mol. The van der Waals surface area contributed by atoms with E-state index in [1.54, 1.807) is 0 Å².